The standard InChI is InChI=1S/C23H28N4S/c1-2-9-21-20(8-1)25-22(23(26-21)10-14-28-15-11-23)24-17-18-6-5-7-19(16-18)27-12-3-4-13-27/h1-2,5-9,16,26H,3-4,10-15,17H2,(H,24,25). The van der Waals surface area contributed by atoms with Gasteiger partial charge < -0.3 is 15.5 Å². The van der Waals surface area contributed by atoms with E-state index in [4.69, 9.17) is 4.99 Å². The van der Waals surface area contributed by atoms with Crippen LogP contribution in [0, 0.1) is 0 Å². The van der Waals surface area contributed by atoms with Gasteiger partial charge in [0, 0.05) is 25.3 Å². The van der Waals surface area contributed by atoms with Gasteiger partial charge in [-0.3, -0.25) is 0 Å². The highest BCUT2D eigenvalue weighted by Gasteiger charge is 2.40. The molecule has 0 aliphatic carbocycles. The van der Waals surface area contributed by atoms with Crippen LogP contribution in [0.15, 0.2) is 53.5 Å². The third-order valence-corrected chi connectivity index (χ3v) is 7.14. The van der Waals surface area contributed by atoms with E-state index in [0.717, 1.165) is 36.6 Å². The molecule has 0 aromatic heterocycles. The summed E-state index contributed by atoms with van der Waals surface area (Å²) in [6.45, 7) is 3.19. The second-order valence-electron chi connectivity index (χ2n) is 8.01. The number of aliphatic imine (C=N–C) groups is 1. The minimum Gasteiger partial charge on any atom is -0.372 e. The van der Waals surface area contributed by atoms with Crippen LogP contribution >= 0.6 is 11.8 Å². The minimum absolute atomic E-state index is 0.0494. The van der Waals surface area contributed by atoms with E-state index in [1.807, 2.05) is 11.8 Å². The van der Waals surface area contributed by atoms with Gasteiger partial charge in [0.25, 0.3) is 0 Å². The van der Waals surface area contributed by atoms with Gasteiger partial charge in [0.2, 0.25) is 0 Å². The number of amidine groups is 1. The van der Waals surface area contributed by atoms with Crippen molar-refractivity contribution in [2.75, 3.05) is 34.8 Å². The van der Waals surface area contributed by atoms with Gasteiger partial charge in [-0.1, -0.05) is 24.3 Å². The fraction of sp³-hybridized carbons (Fsp3) is 0.435. The first kappa shape index (κ1) is 17.9. The SMILES string of the molecule is c1cc(CNC2=Nc3ccccc3NC23CCSCC3)cc(N2CCCC2)c1. The first-order chi connectivity index (χ1) is 13.8. The Morgan fingerprint density at radius 3 is 2.71 bits per heavy atom. The molecule has 0 amide bonds. The van der Waals surface area contributed by atoms with E-state index in [-0.39, 0.29) is 5.54 Å². The molecule has 2 N–H and O–H groups in total. The molecule has 3 heterocycles. The molecule has 1 spiro atoms. The molecule has 5 rings (SSSR count). The van der Waals surface area contributed by atoms with E-state index in [1.54, 1.807) is 0 Å². The van der Waals surface area contributed by atoms with Crippen molar-refractivity contribution in [2.45, 2.75) is 37.8 Å². The van der Waals surface area contributed by atoms with E-state index >= 15 is 0 Å². The van der Waals surface area contributed by atoms with Crippen LogP contribution in [0.4, 0.5) is 17.1 Å². The van der Waals surface area contributed by atoms with Crippen LogP contribution in [0.5, 0.6) is 0 Å². The lowest BCUT2D eigenvalue weighted by Crippen LogP contribution is -2.55. The summed E-state index contributed by atoms with van der Waals surface area (Å²) in [6, 6.07) is 17.4. The molecule has 4 nitrogen and oxygen atoms in total. The summed E-state index contributed by atoms with van der Waals surface area (Å²) < 4.78 is 0. The number of nitrogens with zero attached hydrogens (tertiary/aromatic N) is 2. The normalized spacial score (nSPS) is 20.4. The number of benzene rings is 2. The van der Waals surface area contributed by atoms with E-state index in [2.05, 4.69) is 64.1 Å². The van der Waals surface area contributed by atoms with Crippen molar-refractivity contribution < 1.29 is 0 Å². The Labute approximate surface area is 171 Å². The van der Waals surface area contributed by atoms with Gasteiger partial charge in [-0.2, -0.15) is 11.8 Å². The number of hydrogen-bond acceptors (Lipinski definition) is 5. The Morgan fingerprint density at radius 2 is 1.86 bits per heavy atom. The molecule has 2 fully saturated rings. The molecule has 5 heteroatoms. The highest BCUT2D eigenvalue weighted by atomic mass is 32.2. The molecular weight excluding hydrogens is 364 g/mol. The van der Waals surface area contributed by atoms with E-state index in [1.165, 1.54) is 48.7 Å². The van der Waals surface area contributed by atoms with Crippen LogP contribution < -0.4 is 15.5 Å². The van der Waals surface area contributed by atoms with Gasteiger partial charge in [-0.05, 0) is 67.0 Å². The van der Waals surface area contributed by atoms with Crippen LogP contribution in [-0.2, 0) is 6.54 Å². The smallest absolute Gasteiger partial charge is 0.128 e. The molecule has 2 saturated heterocycles. The van der Waals surface area contributed by atoms with E-state index in [0.29, 0.717) is 0 Å². The summed E-state index contributed by atoms with van der Waals surface area (Å²) in [5, 5.41) is 7.56. The highest BCUT2D eigenvalue weighted by molar-refractivity contribution is 7.99. The average Bonchev–Trinajstić information content (AvgIpc) is 3.28. The van der Waals surface area contributed by atoms with Gasteiger partial charge in [0.05, 0.1) is 16.9 Å². The number of fused-ring (bicyclic) bond motifs is 1. The lowest BCUT2D eigenvalue weighted by molar-refractivity contribution is 0.543. The Balaban J connectivity index is 1.38. The lowest BCUT2D eigenvalue weighted by atomic mass is 9.88. The maximum atomic E-state index is 5.06. The third-order valence-electron chi connectivity index (χ3n) is 6.15. The molecule has 2 aromatic carbocycles. The zero-order chi connectivity index (χ0) is 18.8. The second kappa shape index (κ2) is 7.70. The van der Waals surface area contributed by atoms with Gasteiger partial charge in [0.15, 0.2) is 0 Å². The van der Waals surface area contributed by atoms with Crippen LogP contribution in [0.1, 0.15) is 31.2 Å². The number of thioether (sulfide) groups is 1. The summed E-state index contributed by atoms with van der Waals surface area (Å²) in [5.41, 5.74) is 4.84. The fourth-order valence-electron chi connectivity index (χ4n) is 4.54. The molecule has 28 heavy (non-hydrogen) atoms. The van der Waals surface area contributed by atoms with Crippen LogP contribution in [0.3, 0.4) is 0 Å². The van der Waals surface area contributed by atoms with Crippen LogP contribution in [0.25, 0.3) is 0 Å². The summed E-state index contributed by atoms with van der Waals surface area (Å²) in [5.74, 6) is 3.47. The summed E-state index contributed by atoms with van der Waals surface area (Å²) in [6.07, 6.45) is 4.85. The number of rotatable bonds is 3. The molecule has 3 aliphatic rings. The quantitative estimate of drug-likeness (QED) is 0.787. The van der Waals surface area contributed by atoms with Gasteiger partial charge >= 0.3 is 0 Å². The molecule has 146 valence electrons. The minimum atomic E-state index is -0.0494. The zero-order valence-corrected chi connectivity index (χ0v) is 17.1. The predicted molar refractivity (Wildman–Crippen MR) is 121 cm³/mol. The number of nitrogens with one attached hydrogen (secondary N) is 2. The lowest BCUT2D eigenvalue weighted by Gasteiger charge is -2.42. The van der Waals surface area contributed by atoms with Crippen LogP contribution in [0.2, 0.25) is 0 Å². The van der Waals surface area contributed by atoms with E-state index < -0.39 is 0 Å². The molecule has 2 aromatic rings. The first-order valence-corrected chi connectivity index (χ1v) is 11.6. The Bertz CT molecular complexity index is 866. The van der Waals surface area contributed by atoms with Crippen molar-refractivity contribution >= 4 is 34.7 Å². The average molecular weight is 393 g/mol. The van der Waals surface area contributed by atoms with Gasteiger partial charge in [0.1, 0.15) is 5.84 Å². The highest BCUT2D eigenvalue weighted by Crippen LogP contribution is 2.39. The molecule has 3 aliphatic heterocycles. The fourth-order valence-corrected chi connectivity index (χ4v) is 5.73. The van der Waals surface area contributed by atoms with Crippen molar-refractivity contribution in [2.24, 2.45) is 4.99 Å². The molecule has 0 atom stereocenters. The Morgan fingerprint density at radius 1 is 1.04 bits per heavy atom. The monoisotopic (exact) mass is 392 g/mol. The topological polar surface area (TPSA) is 39.7 Å². The summed E-state index contributed by atoms with van der Waals surface area (Å²) in [7, 11) is 0. The Kier molecular flexibility index (Phi) is 4.93. The van der Waals surface area contributed by atoms with Crippen molar-refractivity contribution in [1.29, 1.82) is 0 Å². The molecule has 0 radical (unpaired) electrons. The van der Waals surface area contributed by atoms with Crippen LogP contribution in [-0.4, -0.2) is 36.0 Å². The number of para-hydroxylation sites is 2. The van der Waals surface area contributed by atoms with E-state index in [9.17, 15) is 0 Å². The Hall–Kier alpha value is -2.14. The maximum absolute atomic E-state index is 5.06. The van der Waals surface area contributed by atoms with Crippen molar-refractivity contribution in [3.05, 3.63) is 54.1 Å². The van der Waals surface area contributed by atoms with Crippen molar-refractivity contribution in [3.63, 3.8) is 0 Å². The third kappa shape index (κ3) is 3.48. The number of anilines is 2. The number of hydrogen-bond donors (Lipinski definition) is 2. The van der Waals surface area contributed by atoms with Crippen molar-refractivity contribution in [1.82, 2.24) is 5.32 Å². The summed E-state index contributed by atoms with van der Waals surface area (Å²) >= 11 is 2.05. The molecular formula is C23H28N4S. The summed E-state index contributed by atoms with van der Waals surface area (Å²) in [4.78, 5) is 7.56. The predicted octanol–water partition coefficient (Wildman–Crippen LogP) is 4.80. The zero-order valence-electron chi connectivity index (χ0n) is 16.3. The van der Waals surface area contributed by atoms with Crippen molar-refractivity contribution in [3.8, 4) is 0 Å². The first-order valence-electron chi connectivity index (χ1n) is 10.4. The maximum Gasteiger partial charge on any atom is 0.128 e. The largest absolute Gasteiger partial charge is 0.372 e. The second-order valence-corrected chi connectivity index (χ2v) is 9.24. The molecule has 0 bridgehead atoms. The van der Waals surface area contributed by atoms with Gasteiger partial charge in [-0.25, -0.2) is 4.99 Å². The molecule has 0 saturated carbocycles. The van der Waals surface area contributed by atoms with Gasteiger partial charge in [-0.15, -0.1) is 0 Å². The molecule has 0 unspecified atom stereocenters.